The highest BCUT2D eigenvalue weighted by Crippen LogP contribution is 2.28. The van der Waals surface area contributed by atoms with Crippen molar-refractivity contribution in [1.29, 1.82) is 0 Å². The number of thioether (sulfide) groups is 1. The van der Waals surface area contributed by atoms with Gasteiger partial charge in [-0.25, -0.2) is 0 Å². The van der Waals surface area contributed by atoms with Crippen LogP contribution in [0.2, 0.25) is 0 Å². The molecule has 0 aromatic heterocycles. The van der Waals surface area contributed by atoms with Gasteiger partial charge >= 0.3 is 0 Å². The molecule has 1 heterocycles. The predicted molar refractivity (Wildman–Crippen MR) is 38.5 cm³/mol. The van der Waals surface area contributed by atoms with E-state index in [-0.39, 0.29) is 5.25 Å². The molecule has 0 aromatic carbocycles. The molecule has 3 heteroatoms. The first kappa shape index (κ1) is 7.38. The average Bonchev–Trinajstić information content (AvgIpc) is 1.77. The maximum absolute atomic E-state index is 9.40. The van der Waals surface area contributed by atoms with Crippen LogP contribution >= 0.6 is 11.8 Å². The predicted octanol–water partition coefficient (Wildman–Crippen LogP) is 0.847. The van der Waals surface area contributed by atoms with Crippen molar-refractivity contribution in [3.8, 4) is 0 Å². The lowest BCUT2D eigenvalue weighted by molar-refractivity contribution is -0.187. The molecule has 1 N–H and O–H groups in total. The summed E-state index contributed by atoms with van der Waals surface area (Å²) in [5.74, 6) is 0.0975. The highest BCUT2D eigenvalue weighted by atomic mass is 32.2. The van der Waals surface area contributed by atoms with Crippen LogP contribution in [0.25, 0.3) is 0 Å². The first-order valence-electron chi connectivity index (χ1n) is 3.11. The molecule has 1 aliphatic rings. The third-order valence-corrected chi connectivity index (χ3v) is 2.94. The first-order valence-corrected chi connectivity index (χ1v) is 4.16. The highest BCUT2D eigenvalue weighted by Gasteiger charge is 2.32. The van der Waals surface area contributed by atoms with Crippen molar-refractivity contribution in [2.24, 2.45) is 0 Å². The van der Waals surface area contributed by atoms with E-state index in [1.165, 1.54) is 0 Å². The Hall–Kier alpha value is 0.270. The van der Waals surface area contributed by atoms with Gasteiger partial charge in [-0.05, 0) is 13.8 Å². The third kappa shape index (κ3) is 1.60. The molecule has 1 rings (SSSR count). The van der Waals surface area contributed by atoms with Crippen LogP contribution in [0.5, 0.6) is 0 Å². The van der Waals surface area contributed by atoms with E-state index in [9.17, 15) is 5.11 Å². The Morgan fingerprint density at radius 1 is 1.78 bits per heavy atom. The van der Waals surface area contributed by atoms with E-state index in [0.29, 0.717) is 6.61 Å². The van der Waals surface area contributed by atoms with Crippen molar-refractivity contribution in [1.82, 2.24) is 0 Å². The largest absolute Gasteiger partial charge is 0.365 e. The fourth-order valence-electron chi connectivity index (χ4n) is 0.745. The molecule has 0 aromatic rings. The molecular weight excluding hydrogens is 136 g/mol. The quantitative estimate of drug-likeness (QED) is 0.552. The second kappa shape index (κ2) is 2.48. The zero-order chi connectivity index (χ0) is 6.91. The summed E-state index contributed by atoms with van der Waals surface area (Å²) in [5, 5.41) is 9.60. The molecule has 2 nitrogen and oxygen atoms in total. The number of hydrogen-bond acceptors (Lipinski definition) is 3. The van der Waals surface area contributed by atoms with Crippen molar-refractivity contribution in [2.75, 3.05) is 12.4 Å². The Balaban J connectivity index is 2.49. The number of aliphatic hydroxyl groups is 1. The summed E-state index contributed by atoms with van der Waals surface area (Å²) in [6.07, 6.45) is 0. The lowest BCUT2D eigenvalue weighted by Crippen LogP contribution is -2.42. The highest BCUT2D eigenvalue weighted by molar-refractivity contribution is 8.00. The summed E-state index contributed by atoms with van der Waals surface area (Å²) in [6.45, 7) is 4.36. The Labute approximate surface area is 59.6 Å². The Kier molecular flexibility index (Phi) is 2.03. The van der Waals surface area contributed by atoms with Crippen molar-refractivity contribution in [2.45, 2.75) is 24.9 Å². The van der Waals surface area contributed by atoms with Gasteiger partial charge in [0.15, 0.2) is 5.79 Å². The standard InChI is InChI=1S/C6H12O2S/c1-5-6(2,7)8-3-4-9-5/h5,7H,3-4H2,1-2H3. The Bertz CT molecular complexity index is 103. The van der Waals surface area contributed by atoms with Crippen molar-refractivity contribution in [3.63, 3.8) is 0 Å². The molecule has 2 atom stereocenters. The SMILES string of the molecule is CC1SCCOC1(C)O. The molecule has 0 bridgehead atoms. The average molecular weight is 148 g/mol. The molecule has 0 radical (unpaired) electrons. The van der Waals surface area contributed by atoms with Crippen molar-refractivity contribution >= 4 is 11.8 Å². The summed E-state index contributed by atoms with van der Waals surface area (Å²) < 4.78 is 5.11. The van der Waals surface area contributed by atoms with E-state index < -0.39 is 5.79 Å². The van der Waals surface area contributed by atoms with Gasteiger partial charge in [0.25, 0.3) is 0 Å². The van der Waals surface area contributed by atoms with E-state index in [1.54, 1.807) is 18.7 Å². The number of hydrogen-bond donors (Lipinski definition) is 1. The van der Waals surface area contributed by atoms with Crippen LogP contribution in [0.4, 0.5) is 0 Å². The summed E-state index contributed by atoms with van der Waals surface area (Å²) in [4.78, 5) is 0. The maximum atomic E-state index is 9.40. The monoisotopic (exact) mass is 148 g/mol. The van der Waals surface area contributed by atoms with E-state index in [2.05, 4.69) is 0 Å². The van der Waals surface area contributed by atoms with E-state index in [4.69, 9.17) is 4.74 Å². The van der Waals surface area contributed by atoms with E-state index >= 15 is 0 Å². The van der Waals surface area contributed by atoms with Gasteiger partial charge in [-0.15, -0.1) is 0 Å². The van der Waals surface area contributed by atoms with E-state index in [0.717, 1.165) is 5.75 Å². The minimum atomic E-state index is -0.900. The summed E-state index contributed by atoms with van der Waals surface area (Å²) in [6, 6.07) is 0. The maximum Gasteiger partial charge on any atom is 0.174 e. The van der Waals surface area contributed by atoms with Crippen LogP contribution in [0.3, 0.4) is 0 Å². The summed E-state index contributed by atoms with van der Waals surface area (Å²) in [5.41, 5.74) is 0. The minimum Gasteiger partial charge on any atom is -0.365 e. The molecule has 1 fully saturated rings. The Morgan fingerprint density at radius 2 is 2.44 bits per heavy atom. The molecule has 54 valence electrons. The topological polar surface area (TPSA) is 29.5 Å². The normalized spacial score (nSPS) is 45.0. The fraction of sp³-hybridized carbons (Fsp3) is 1.00. The van der Waals surface area contributed by atoms with Crippen molar-refractivity contribution in [3.05, 3.63) is 0 Å². The van der Waals surface area contributed by atoms with Crippen LogP contribution in [0, 0.1) is 0 Å². The zero-order valence-corrected chi connectivity index (χ0v) is 6.57. The molecule has 0 aliphatic carbocycles. The number of ether oxygens (including phenoxy) is 1. The van der Waals surface area contributed by atoms with E-state index in [1.807, 2.05) is 6.92 Å². The molecule has 0 amide bonds. The third-order valence-electron chi connectivity index (χ3n) is 1.60. The Morgan fingerprint density at radius 3 is 2.78 bits per heavy atom. The molecule has 1 saturated heterocycles. The van der Waals surface area contributed by atoms with Crippen LogP contribution in [0.15, 0.2) is 0 Å². The van der Waals surface area contributed by atoms with Crippen LogP contribution < -0.4 is 0 Å². The second-order valence-corrected chi connectivity index (χ2v) is 3.86. The number of rotatable bonds is 0. The second-order valence-electron chi connectivity index (χ2n) is 2.42. The molecular formula is C6H12O2S. The van der Waals surface area contributed by atoms with Crippen LogP contribution in [-0.4, -0.2) is 28.5 Å². The smallest absolute Gasteiger partial charge is 0.174 e. The van der Waals surface area contributed by atoms with Gasteiger partial charge in [0.2, 0.25) is 0 Å². The van der Waals surface area contributed by atoms with Gasteiger partial charge in [0.1, 0.15) is 0 Å². The van der Waals surface area contributed by atoms with Gasteiger partial charge in [-0.1, -0.05) is 0 Å². The molecule has 1 aliphatic heterocycles. The summed E-state index contributed by atoms with van der Waals surface area (Å²) >= 11 is 1.75. The first-order chi connectivity index (χ1) is 4.13. The molecule has 0 spiro atoms. The van der Waals surface area contributed by atoms with Gasteiger partial charge in [0.05, 0.1) is 11.9 Å². The van der Waals surface area contributed by atoms with Gasteiger partial charge in [0, 0.05) is 5.75 Å². The fourth-order valence-corrected chi connectivity index (χ4v) is 1.66. The lowest BCUT2D eigenvalue weighted by Gasteiger charge is -2.33. The summed E-state index contributed by atoms with van der Waals surface area (Å²) in [7, 11) is 0. The van der Waals surface area contributed by atoms with Crippen LogP contribution in [0.1, 0.15) is 13.8 Å². The van der Waals surface area contributed by atoms with Gasteiger partial charge in [-0.2, -0.15) is 11.8 Å². The lowest BCUT2D eigenvalue weighted by atomic mass is 10.2. The van der Waals surface area contributed by atoms with Crippen LogP contribution in [-0.2, 0) is 4.74 Å². The molecule has 9 heavy (non-hydrogen) atoms. The zero-order valence-electron chi connectivity index (χ0n) is 5.76. The molecule has 2 unspecified atom stereocenters. The minimum absolute atomic E-state index is 0.200. The molecule has 0 saturated carbocycles. The van der Waals surface area contributed by atoms with Gasteiger partial charge in [-0.3, -0.25) is 0 Å². The van der Waals surface area contributed by atoms with Gasteiger partial charge < -0.3 is 9.84 Å². The van der Waals surface area contributed by atoms with Crippen molar-refractivity contribution < 1.29 is 9.84 Å².